The lowest BCUT2D eigenvalue weighted by atomic mass is 10.4. The van der Waals surface area contributed by atoms with E-state index in [9.17, 15) is 8.42 Å². The highest BCUT2D eigenvalue weighted by atomic mass is 79.9. The molecule has 0 bridgehead atoms. The lowest BCUT2D eigenvalue weighted by Crippen LogP contribution is -2.22. The minimum absolute atomic E-state index is 0.292. The molecular weight excluding hydrogens is 324 g/mol. The van der Waals surface area contributed by atoms with Crippen LogP contribution in [0, 0.1) is 6.92 Å². The first kappa shape index (κ1) is 12.8. The minimum atomic E-state index is -3.41. The zero-order chi connectivity index (χ0) is 12.5. The SMILES string of the molecule is Cc1cc(S(=O)(=O)NCc2cc[nH]c2)sc1Br. The maximum atomic E-state index is 12.0. The van der Waals surface area contributed by atoms with E-state index in [1.807, 2.05) is 13.0 Å². The van der Waals surface area contributed by atoms with E-state index in [-0.39, 0.29) is 0 Å². The molecule has 0 saturated heterocycles. The molecule has 0 atom stereocenters. The highest BCUT2D eigenvalue weighted by Gasteiger charge is 2.17. The highest BCUT2D eigenvalue weighted by molar-refractivity contribution is 9.11. The van der Waals surface area contributed by atoms with Crippen LogP contribution in [0.25, 0.3) is 0 Å². The molecule has 2 aromatic heterocycles. The molecule has 2 heterocycles. The molecule has 0 saturated carbocycles. The number of thiophene rings is 1. The Morgan fingerprint density at radius 2 is 2.29 bits per heavy atom. The molecule has 0 unspecified atom stereocenters. The van der Waals surface area contributed by atoms with Gasteiger partial charge in [-0.25, -0.2) is 13.1 Å². The Bertz CT molecular complexity index is 583. The van der Waals surface area contributed by atoms with Crippen LogP contribution in [-0.2, 0) is 16.6 Å². The summed E-state index contributed by atoms with van der Waals surface area (Å²) in [5, 5.41) is 0. The van der Waals surface area contributed by atoms with Crippen molar-refractivity contribution in [3.8, 4) is 0 Å². The molecule has 0 fully saturated rings. The first-order valence-corrected chi connectivity index (χ1v) is 7.95. The summed E-state index contributed by atoms with van der Waals surface area (Å²) in [6, 6.07) is 3.49. The van der Waals surface area contributed by atoms with Crippen molar-refractivity contribution in [1.82, 2.24) is 9.71 Å². The van der Waals surface area contributed by atoms with Gasteiger partial charge in [-0.2, -0.15) is 0 Å². The first-order chi connectivity index (χ1) is 7.99. The lowest BCUT2D eigenvalue weighted by Gasteiger charge is -2.02. The summed E-state index contributed by atoms with van der Waals surface area (Å²) in [4.78, 5) is 2.88. The van der Waals surface area contributed by atoms with Crippen molar-refractivity contribution >= 4 is 37.3 Å². The Balaban J connectivity index is 2.14. The Morgan fingerprint density at radius 3 is 2.82 bits per heavy atom. The summed E-state index contributed by atoms with van der Waals surface area (Å²) < 4.78 is 27.7. The number of nitrogens with one attached hydrogen (secondary N) is 2. The van der Waals surface area contributed by atoms with Gasteiger partial charge < -0.3 is 4.98 Å². The Labute approximate surface area is 112 Å². The molecule has 92 valence electrons. The zero-order valence-electron chi connectivity index (χ0n) is 9.03. The minimum Gasteiger partial charge on any atom is -0.367 e. The monoisotopic (exact) mass is 334 g/mol. The van der Waals surface area contributed by atoms with E-state index in [4.69, 9.17) is 0 Å². The standard InChI is InChI=1S/C10H11BrN2O2S2/c1-7-4-9(16-10(7)11)17(14,15)13-6-8-2-3-12-5-8/h2-5,12-13H,6H2,1H3. The van der Waals surface area contributed by atoms with E-state index >= 15 is 0 Å². The molecule has 7 heteroatoms. The quantitative estimate of drug-likeness (QED) is 0.902. The van der Waals surface area contributed by atoms with Crippen LogP contribution in [0.5, 0.6) is 0 Å². The summed E-state index contributed by atoms with van der Waals surface area (Å²) in [5.41, 5.74) is 1.83. The van der Waals surface area contributed by atoms with Gasteiger partial charge >= 0.3 is 0 Å². The van der Waals surface area contributed by atoms with Crippen molar-refractivity contribution in [2.24, 2.45) is 0 Å². The fourth-order valence-electron chi connectivity index (χ4n) is 1.28. The van der Waals surface area contributed by atoms with Crippen LogP contribution >= 0.6 is 27.3 Å². The van der Waals surface area contributed by atoms with Gasteiger partial charge in [0.1, 0.15) is 4.21 Å². The average Bonchev–Trinajstić information content (AvgIpc) is 2.87. The molecule has 2 rings (SSSR count). The van der Waals surface area contributed by atoms with E-state index in [1.54, 1.807) is 18.5 Å². The van der Waals surface area contributed by atoms with Gasteiger partial charge in [0.2, 0.25) is 10.0 Å². The zero-order valence-corrected chi connectivity index (χ0v) is 12.2. The smallest absolute Gasteiger partial charge is 0.250 e. The second-order valence-electron chi connectivity index (χ2n) is 3.57. The molecule has 2 N–H and O–H groups in total. The molecule has 0 aromatic carbocycles. The normalized spacial score (nSPS) is 11.9. The van der Waals surface area contributed by atoms with E-state index in [2.05, 4.69) is 25.6 Å². The summed E-state index contributed by atoms with van der Waals surface area (Å²) in [6.07, 6.45) is 3.52. The third kappa shape index (κ3) is 2.98. The molecule has 17 heavy (non-hydrogen) atoms. The average molecular weight is 335 g/mol. The number of sulfonamides is 1. The number of rotatable bonds is 4. The fourth-order valence-corrected chi connectivity index (χ4v) is 4.57. The van der Waals surface area contributed by atoms with E-state index in [0.29, 0.717) is 10.8 Å². The number of H-pyrrole nitrogens is 1. The second kappa shape index (κ2) is 4.93. The van der Waals surface area contributed by atoms with Gasteiger partial charge in [-0.15, -0.1) is 11.3 Å². The number of aromatic nitrogens is 1. The molecule has 4 nitrogen and oxygen atoms in total. The fraction of sp³-hybridized carbons (Fsp3) is 0.200. The van der Waals surface area contributed by atoms with Crippen molar-refractivity contribution in [1.29, 1.82) is 0 Å². The number of aryl methyl sites for hydroxylation is 1. The maximum absolute atomic E-state index is 12.0. The summed E-state index contributed by atoms with van der Waals surface area (Å²) in [5.74, 6) is 0. The molecule has 0 aliphatic heterocycles. The van der Waals surface area contributed by atoms with Crippen molar-refractivity contribution < 1.29 is 8.42 Å². The van der Waals surface area contributed by atoms with Crippen LogP contribution in [0.1, 0.15) is 11.1 Å². The molecule has 0 radical (unpaired) electrons. The first-order valence-electron chi connectivity index (χ1n) is 4.86. The van der Waals surface area contributed by atoms with Gasteiger partial charge in [0.05, 0.1) is 3.79 Å². The van der Waals surface area contributed by atoms with Gasteiger partial charge in [-0.3, -0.25) is 0 Å². The summed E-state index contributed by atoms with van der Waals surface area (Å²) in [6.45, 7) is 2.16. The van der Waals surface area contributed by atoms with E-state index < -0.39 is 10.0 Å². The van der Waals surface area contributed by atoms with Crippen LogP contribution < -0.4 is 4.72 Å². The van der Waals surface area contributed by atoms with E-state index in [0.717, 1.165) is 14.9 Å². The highest BCUT2D eigenvalue weighted by Crippen LogP contribution is 2.30. The van der Waals surface area contributed by atoms with Gasteiger partial charge in [0.15, 0.2) is 0 Å². The van der Waals surface area contributed by atoms with Crippen molar-refractivity contribution in [3.63, 3.8) is 0 Å². The molecule has 0 aliphatic rings. The number of hydrogen-bond acceptors (Lipinski definition) is 3. The van der Waals surface area contributed by atoms with Gasteiger partial charge in [-0.05, 0) is 46.1 Å². The third-order valence-electron chi connectivity index (χ3n) is 2.23. The second-order valence-corrected chi connectivity index (χ2v) is 7.93. The Hall–Kier alpha value is -0.630. The molecule has 2 aromatic rings. The summed E-state index contributed by atoms with van der Waals surface area (Å²) >= 11 is 4.54. The van der Waals surface area contributed by atoms with Crippen LogP contribution in [0.15, 0.2) is 32.5 Å². The van der Waals surface area contributed by atoms with Gasteiger partial charge in [0, 0.05) is 18.9 Å². The van der Waals surface area contributed by atoms with E-state index in [1.165, 1.54) is 11.3 Å². The van der Waals surface area contributed by atoms with Crippen LogP contribution in [-0.4, -0.2) is 13.4 Å². The van der Waals surface area contributed by atoms with Crippen molar-refractivity contribution in [2.45, 2.75) is 17.7 Å². The molecule has 0 spiro atoms. The predicted molar refractivity (Wildman–Crippen MR) is 71.6 cm³/mol. The van der Waals surface area contributed by atoms with Crippen LogP contribution in [0.4, 0.5) is 0 Å². The topological polar surface area (TPSA) is 62.0 Å². The lowest BCUT2D eigenvalue weighted by molar-refractivity contribution is 0.583. The molecular formula is C10H11BrN2O2S2. The predicted octanol–water partition coefficient (Wildman–Crippen LogP) is 2.63. The largest absolute Gasteiger partial charge is 0.367 e. The van der Waals surface area contributed by atoms with Crippen molar-refractivity contribution in [2.75, 3.05) is 0 Å². The van der Waals surface area contributed by atoms with Gasteiger partial charge in [-0.1, -0.05) is 0 Å². The van der Waals surface area contributed by atoms with Crippen molar-refractivity contribution in [3.05, 3.63) is 39.4 Å². The Morgan fingerprint density at radius 1 is 1.53 bits per heavy atom. The number of aromatic amines is 1. The third-order valence-corrected chi connectivity index (χ3v) is 6.24. The summed E-state index contributed by atoms with van der Waals surface area (Å²) in [7, 11) is -3.41. The van der Waals surface area contributed by atoms with Gasteiger partial charge in [0.25, 0.3) is 0 Å². The van der Waals surface area contributed by atoms with Crippen LogP contribution in [0.3, 0.4) is 0 Å². The number of halogens is 1. The molecule has 0 amide bonds. The maximum Gasteiger partial charge on any atom is 0.250 e. The number of hydrogen-bond donors (Lipinski definition) is 2. The van der Waals surface area contributed by atoms with Crippen LogP contribution in [0.2, 0.25) is 0 Å². The Kier molecular flexibility index (Phi) is 3.72. The molecule has 0 aliphatic carbocycles.